The zero-order valence-corrected chi connectivity index (χ0v) is 26.5. The largest absolute Gasteiger partial charge is 1.00 e. The number of allylic oxidation sites excluding steroid dienone is 1. The Balaban J connectivity index is 0.000000710. The number of hydrogen-bond acceptors (Lipinski definition) is 2. The van der Waals surface area contributed by atoms with Crippen LogP contribution in [0.1, 0.15) is 36.5 Å². The van der Waals surface area contributed by atoms with Gasteiger partial charge in [0.05, 0.1) is 6.61 Å². The van der Waals surface area contributed by atoms with Crippen LogP contribution in [0.3, 0.4) is 0 Å². The molecule has 1 aliphatic carbocycles. The standard InChI is InChI=1S/C27H27O2Si.C3H6.2ClH.Zr/c1-30(2,3)29-16-15-28-27-18-26(22-11-6-7-12-24(22)27)23-14-8-13-21-20-10-5-4-9-19(20)17-25(21)23;1-3-2;;;/h4-14,17-18,26H,15-16H2,1-3H3;1-2H3;2*1H;/q-1;;;;+2/p-2. The van der Waals surface area contributed by atoms with Gasteiger partial charge in [-0.3, -0.25) is 0 Å². The number of hydrogen-bond donors (Lipinski definition) is 0. The molecule has 0 fully saturated rings. The van der Waals surface area contributed by atoms with Crippen LogP contribution in [0.4, 0.5) is 0 Å². The molecule has 0 saturated carbocycles. The van der Waals surface area contributed by atoms with E-state index in [4.69, 9.17) is 9.16 Å². The normalized spacial score (nSPS) is 14.2. The molecule has 0 saturated heterocycles. The van der Waals surface area contributed by atoms with Crippen LogP contribution in [0.2, 0.25) is 19.6 Å². The minimum absolute atomic E-state index is 0. The number of fused-ring (bicyclic) bond motifs is 4. The fourth-order valence-electron chi connectivity index (χ4n) is 4.48. The second kappa shape index (κ2) is 13.4. The van der Waals surface area contributed by atoms with E-state index < -0.39 is 8.32 Å². The van der Waals surface area contributed by atoms with Crippen molar-refractivity contribution in [2.45, 2.75) is 39.4 Å². The van der Waals surface area contributed by atoms with E-state index in [-0.39, 0.29) is 30.7 Å². The minimum Gasteiger partial charge on any atom is -1.00 e. The Morgan fingerprint density at radius 3 is 2.17 bits per heavy atom. The van der Waals surface area contributed by atoms with Crippen molar-refractivity contribution < 1.29 is 58.2 Å². The number of benzene rings is 3. The summed E-state index contributed by atoms with van der Waals surface area (Å²) >= 11 is 1.55. The van der Waals surface area contributed by atoms with Crippen molar-refractivity contribution in [1.82, 2.24) is 0 Å². The molecule has 0 aromatic heterocycles. The molecule has 0 aliphatic heterocycles. The summed E-state index contributed by atoms with van der Waals surface area (Å²) in [6.45, 7) is 12.1. The van der Waals surface area contributed by atoms with Gasteiger partial charge in [0.25, 0.3) is 0 Å². The van der Waals surface area contributed by atoms with Gasteiger partial charge in [-0.15, -0.1) is 33.7 Å². The van der Waals surface area contributed by atoms with Gasteiger partial charge in [0.15, 0.2) is 8.32 Å². The van der Waals surface area contributed by atoms with Gasteiger partial charge in [-0.1, -0.05) is 66.2 Å². The molecule has 0 amide bonds. The van der Waals surface area contributed by atoms with Crippen LogP contribution >= 0.6 is 0 Å². The van der Waals surface area contributed by atoms with Gasteiger partial charge in [-0.2, -0.15) is 0 Å². The van der Waals surface area contributed by atoms with Crippen LogP contribution < -0.4 is 24.8 Å². The molecule has 5 rings (SSSR count). The van der Waals surface area contributed by atoms with Crippen molar-refractivity contribution in [3.63, 3.8) is 0 Å². The smallest absolute Gasteiger partial charge is 0.183 e. The fourth-order valence-corrected chi connectivity index (χ4v) is 5.18. The maximum Gasteiger partial charge on any atom is 0.183 e. The van der Waals surface area contributed by atoms with Crippen molar-refractivity contribution in [3.05, 3.63) is 95.6 Å². The SMILES string of the molecule is C[C](C)=[Zr+2].C[Si](C)(C)OCCOC1=CC(c2cccc3c2[cH-]c2ccccc23)c2ccccc21.[Cl-].[Cl-]. The van der Waals surface area contributed by atoms with Gasteiger partial charge in [-0.25, -0.2) is 0 Å². The monoisotopic (exact) mass is 613 g/mol. The summed E-state index contributed by atoms with van der Waals surface area (Å²) in [5.41, 5.74) is 3.85. The molecule has 0 spiro atoms. The molecule has 2 nitrogen and oxygen atoms in total. The van der Waals surface area contributed by atoms with Crippen molar-refractivity contribution in [2.75, 3.05) is 13.2 Å². The van der Waals surface area contributed by atoms with Gasteiger partial charge in [0.1, 0.15) is 12.4 Å². The Bertz CT molecular complexity index is 1350. The Hall–Kier alpha value is -1.42. The molecule has 0 radical (unpaired) electrons. The summed E-state index contributed by atoms with van der Waals surface area (Å²) in [6, 6.07) is 26.3. The van der Waals surface area contributed by atoms with Gasteiger partial charge in [-0.05, 0) is 31.3 Å². The zero-order chi connectivity index (χ0) is 24.3. The van der Waals surface area contributed by atoms with E-state index in [2.05, 4.69) is 112 Å². The second-order valence-corrected chi connectivity index (χ2v) is 16.9. The van der Waals surface area contributed by atoms with E-state index in [1.54, 1.807) is 24.2 Å². The van der Waals surface area contributed by atoms with E-state index in [1.165, 1.54) is 41.4 Å². The van der Waals surface area contributed by atoms with Gasteiger partial charge in [0.2, 0.25) is 0 Å². The summed E-state index contributed by atoms with van der Waals surface area (Å²) in [6.07, 6.45) is 2.28. The summed E-state index contributed by atoms with van der Waals surface area (Å²) < 4.78 is 13.7. The van der Waals surface area contributed by atoms with E-state index >= 15 is 0 Å². The predicted molar refractivity (Wildman–Crippen MR) is 145 cm³/mol. The Labute approximate surface area is 243 Å². The molecule has 6 heteroatoms. The number of ether oxygens (including phenoxy) is 1. The predicted octanol–water partition coefficient (Wildman–Crippen LogP) is 1.82. The first-order valence-electron chi connectivity index (χ1n) is 11.9. The number of halogens is 2. The van der Waals surface area contributed by atoms with E-state index in [9.17, 15) is 0 Å². The van der Waals surface area contributed by atoms with Gasteiger partial charge in [0, 0.05) is 11.5 Å². The summed E-state index contributed by atoms with van der Waals surface area (Å²) in [5, 5.41) is 5.28. The van der Waals surface area contributed by atoms with Crippen LogP contribution in [0.15, 0.2) is 78.9 Å². The van der Waals surface area contributed by atoms with Gasteiger partial charge < -0.3 is 34.0 Å². The minimum atomic E-state index is -1.52. The molecule has 0 N–H and O–H groups in total. The van der Waals surface area contributed by atoms with E-state index in [1.807, 2.05) is 0 Å². The van der Waals surface area contributed by atoms with Crippen LogP contribution in [0.5, 0.6) is 0 Å². The van der Waals surface area contributed by atoms with Crippen LogP contribution in [-0.4, -0.2) is 24.7 Å². The van der Waals surface area contributed by atoms with Gasteiger partial charge >= 0.3 is 41.3 Å². The molecule has 4 aromatic carbocycles. The Morgan fingerprint density at radius 1 is 0.833 bits per heavy atom. The summed E-state index contributed by atoms with van der Waals surface area (Å²) in [5.74, 6) is 1.18. The van der Waals surface area contributed by atoms with Crippen molar-refractivity contribution in [1.29, 1.82) is 0 Å². The third-order valence-electron chi connectivity index (χ3n) is 5.78. The molecule has 1 atom stereocenters. The summed E-state index contributed by atoms with van der Waals surface area (Å²) in [7, 11) is -1.52. The van der Waals surface area contributed by atoms with Crippen LogP contribution in [0, 0.1) is 0 Å². The maximum absolute atomic E-state index is 6.21. The topological polar surface area (TPSA) is 18.5 Å². The Morgan fingerprint density at radius 2 is 1.44 bits per heavy atom. The molecule has 188 valence electrons. The first-order chi connectivity index (χ1) is 16.2. The molecule has 1 aliphatic rings. The second-order valence-electron chi connectivity index (χ2n) is 9.95. The molecule has 0 bridgehead atoms. The van der Waals surface area contributed by atoms with Crippen LogP contribution in [0.25, 0.3) is 27.3 Å². The average molecular weight is 616 g/mol. The number of rotatable bonds is 6. The molecule has 0 heterocycles. The fraction of sp³-hybridized carbons (Fsp3) is 0.267. The first kappa shape index (κ1) is 30.8. The molecule has 4 aromatic rings. The quantitative estimate of drug-likeness (QED) is 0.187. The zero-order valence-electron chi connectivity index (χ0n) is 21.6. The van der Waals surface area contributed by atoms with Crippen LogP contribution in [-0.2, 0) is 33.4 Å². The van der Waals surface area contributed by atoms with E-state index in [0.29, 0.717) is 13.2 Å². The Kier molecular flexibility index (Phi) is 11.5. The molecule has 1 unspecified atom stereocenters. The van der Waals surface area contributed by atoms with E-state index in [0.717, 1.165) is 5.76 Å². The average Bonchev–Trinajstić information content (AvgIpc) is 3.34. The van der Waals surface area contributed by atoms with Crippen molar-refractivity contribution in [3.8, 4) is 0 Å². The molecular weight excluding hydrogens is 583 g/mol. The molecular formula is C30H33Cl2O2SiZr-. The van der Waals surface area contributed by atoms with Crippen molar-refractivity contribution in [2.24, 2.45) is 0 Å². The first-order valence-corrected chi connectivity index (χ1v) is 16.5. The third kappa shape index (κ3) is 7.33. The third-order valence-corrected chi connectivity index (χ3v) is 6.85. The maximum atomic E-state index is 6.21. The molecule has 36 heavy (non-hydrogen) atoms. The van der Waals surface area contributed by atoms with Crippen molar-refractivity contribution >= 4 is 38.8 Å². The summed E-state index contributed by atoms with van der Waals surface area (Å²) in [4.78, 5) is 0.